The standard InChI is InChI=1S/C12H13ClN2/c1-9(2)12-7-15(8-14-12)11-5-3-10(13)4-6-11/h3-9H,1-2H3. The Morgan fingerprint density at radius 3 is 2.40 bits per heavy atom. The van der Waals surface area contributed by atoms with E-state index in [4.69, 9.17) is 11.6 Å². The monoisotopic (exact) mass is 220 g/mol. The van der Waals surface area contributed by atoms with E-state index in [1.165, 1.54) is 0 Å². The number of rotatable bonds is 2. The molecule has 0 atom stereocenters. The summed E-state index contributed by atoms with van der Waals surface area (Å²) in [6, 6.07) is 7.72. The second kappa shape index (κ2) is 4.07. The van der Waals surface area contributed by atoms with Crippen LogP contribution in [0, 0.1) is 0 Å². The average molecular weight is 221 g/mol. The van der Waals surface area contributed by atoms with Crippen LogP contribution in [0.2, 0.25) is 5.02 Å². The normalized spacial score (nSPS) is 10.9. The van der Waals surface area contributed by atoms with Gasteiger partial charge in [0.1, 0.15) is 0 Å². The summed E-state index contributed by atoms with van der Waals surface area (Å²) in [6.45, 7) is 4.27. The molecule has 3 heteroatoms. The molecule has 78 valence electrons. The fraction of sp³-hybridized carbons (Fsp3) is 0.250. The summed E-state index contributed by atoms with van der Waals surface area (Å²) in [5, 5.41) is 0.753. The van der Waals surface area contributed by atoms with Crippen molar-refractivity contribution in [1.29, 1.82) is 0 Å². The molecule has 0 bridgehead atoms. The van der Waals surface area contributed by atoms with E-state index >= 15 is 0 Å². The molecule has 1 aromatic heterocycles. The third-order valence-corrected chi connectivity index (χ3v) is 2.57. The molecule has 0 aliphatic carbocycles. The van der Waals surface area contributed by atoms with E-state index in [1.807, 2.05) is 41.4 Å². The van der Waals surface area contributed by atoms with Gasteiger partial charge in [0.05, 0.1) is 12.0 Å². The van der Waals surface area contributed by atoms with E-state index in [2.05, 4.69) is 18.8 Å². The van der Waals surface area contributed by atoms with Crippen LogP contribution in [0.5, 0.6) is 0 Å². The molecule has 0 spiro atoms. The van der Waals surface area contributed by atoms with Crippen LogP contribution >= 0.6 is 11.6 Å². The van der Waals surface area contributed by atoms with Crippen LogP contribution < -0.4 is 0 Å². The fourth-order valence-electron chi connectivity index (χ4n) is 1.39. The van der Waals surface area contributed by atoms with Gasteiger partial charge in [-0.3, -0.25) is 0 Å². The molecule has 2 nitrogen and oxygen atoms in total. The van der Waals surface area contributed by atoms with Crippen LogP contribution in [0.3, 0.4) is 0 Å². The molecule has 0 fully saturated rings. The lowest BCUT2D eigenvalue weighted by Gasteiger charge is -2.01. The minimum absolute atomic E-state index is 0.457. The Labute approximate surface area is 94.5 Å². The van der Waals surface area contributed by atoms with Gasteiger partial charge in [0.25, 0.3) is 0 Å². The van der Waals surface area contributed by atoms with Gasteiger partial charge in [-0.1, -0.05) is 25.4 Å². The van der Waals surface area contributed by atoms with Crippen LogP contribution in [0.25, 0.3) is 5.69 Å². The predicted octanol–water partition coefficient (Wildman–Crippen LogP) is 3.65. The van der Waals surface area contributed by atoms with Gasteiger partial charge in [-0.05, 0) is 30.2 Å². The summed E-state index contributed by atoms with van der Waals surface area (Å²) in [5.41, 5.74) is 2.18. The maximum atomic E-state index is 5.83. The Hall–Kier alpha value is -1.28. The third-order valence-electron chi connectivity index (χ3n) is 2.32. The molecule has 0 N–H and O–H groups in total. The number of nitrogens with zero attached hydrogens (tertiary/aromatic N) is 2. The van der Waals surface area contributed by atoms with Crippen LogP contribution in [0.4, 0.5) is 0 Å². The summed E-state index contributed by atoms with van der Waals surface area (Å²) in [7, 11) is 0. The first kappa shape index (κ1) is 10.2. The average Bonchev–Trinajstić information content (AvgIpc) is 2.68. The van der Waals surface area contributed by atoms with Crippen LogP contribution in [-0.2, 0) is 0 Å². The van der Waals surface area contributed by atoms with Gasteiger partial charge in [-0.15, -0.1) is 0 Å². The number of aromatic nitrogens is 2. The molecule has 2 aromatic rings. The molecule has 15 heavy (non-hydrogen) atoms. The van der Waals surface area contributed by atoms with E-state index < -0.39 is 0 Å². The molecule has 1 heterocycles. The maximum absolute atomic E-state index is 5.83. The third kappa shape index (κ3) is 2.21. The van der Waals surface area contributed by atoms with E-state index in [0.29, 0.717) is 5.92 Å². The predicted molar refractivity (Wildman–Crippen MR) is 62.7 cm³/mol. The van der Waals surface area contributed by atoms with Crippen molar-refractivity contribution < 1.29 is 0 Å². The number of benzene rings is 1. The van der Waals surface area contributed by atoms with Crippen LogP contribution in [-0.4, -0.2) is 9.55 Å². The Kier molecular flexibility index (Phi) is 2.78. The summed E-state index contributed by atoms with van der Waals surface area (Å²) < 4.78 is 2.01. The first-order valence-corrected chi connectivity index (χ1v) is 5.34. The summed E-state index contributed by atoms with van der Waals surface area (Å²) in [5.74, 6) is 0.457. The lowest BCUT2D eigenvalue weighted by molar-refractivity contribution is 0.831. The zero-order valence-corrected chi connectivity index (χ0v) is 9.57. The molecular formula is C12H13ClN2. The van der Waals surface area contributed by atoms with Gasteiger partial charge in [0, 0.05) is 16.9 Å². The molecule has 0 aliphatic rings. The molecular weight excluding hydrogens is 208 g/mol. The van der Waals surface area contributed by atoms with Crippen molar-refractivity contribution in [2.75, 3.05) is 0 Å². The zero-order valence-electron chi connectivity index (χ0n) is 8.81. The topological polar surface area (TPSA) is 17.8 Å². The lowest BCUT2D eigenvalue weighted by Crippen LogP contribution is -1.89. The summed E-state index contributed by atoms with van der Waals surface area (Å²) >= 11 is 5.83. The van der Waals surface area contributed by atoms with E-state index in [9.17, 15) is 0 Å². The smallest absolute Gasteiger partial charge is 0.0995 e. The highest BCUT2D eigenvalue weighted by atomic mass is 35.5. The van der Waals surface area contributed by atoms with Crippen molar-refractivity contribution in [2.24, 2.45) is 0 Å². The van der Waals surface area contributed by atoms with Crippen molar-refractivity contribution >= 4 is 11.6 Å². The molecule has 0 unspecified atom stereocenters. The second-order valence-corrected chi connectivity index (χ2v) is 4.27. The van der Waals surface area contributed by atoms with E-state index in [1.54, 1.807) is 0 Å². The molecule has 2 rings (SSSR count). The first-order chi connectivity index (χ1) is 7.16. The lowest BCUT2D eigenvalue weighted by atomic mass is 10.2. The van der Waals surface area contributed by atoms with Crippen molar-refractivity contribution in [3.63, 3.8) is 0 Å². The second-order valence-electron chi connectivity index (χ2n) is 3.84. The van der Waals surface area contributed by atoms with Gasteiger partial charge in [-0.2, -0.15) is 0 Å². The molecule has 0 saturated carbocycles. The van der Waals surface area contributed by atoms with Crippen molar-refractivity contribution in [3.05, 3.63) is 47.5 Å². The van der Waals surface area contributed by atoms with Gasteiger partial charge < -0.3 is 4.57 Å². The Balaban J connectivity index is 2.33. The largest absolute Gasteiger partial charge is 0.306 e. The highest BCUT2D eigenvalue weighted by Gasteiger charge is 2.03. The number of hydrogen-bond acceptors (Lipinski definition) is 1. The molecule has 0 saturated heterocycles. The Bertz CT molecular complexity index is 443. The Morgan fingerprint density at radius 2 is 1.87 bits per heavy atom. The van der Waals surface area contributed by atoms with Gasteiger partial charge >= 0.3 is 0 Å². The minimum Gasteiger partial charge on any atom is -0.306 e. The highest BCUT2D eigenvalue weighted by Crippen LogP contribution is 2.16. The molecule has 0 amide bonds. The highest BCUT2D eigenvalue weighted by molar-refractivity contribution is 6.30. The minimum atomic E-state index is 0.457. The van der Waals surface area contributed by atoms with Gasteiger partial charge in [-0.25, -0.2) is 4.98 Å². The van der Waals surface area contributed by atoms with Crippen molar-refractivity contribution in [1.82, 2.24) is 9.55 Å². The molecule has 1 aromatic carbocycles. The van der Waals surface area contributed by atoms with Gasteiger partial charge in [0.15, 0.2) is 0 Å². The van der Waals surface area contributed by atoms with Crippen molar-refractivity contribution in [2.45, 2.75) is 19.8 Å². The molecule has 0 radical (unpaired) electrons. The SMILES string of the molecule is CC(C)c1cn(-c2ccc(Cl)cc2)cn1. The summed E-state index contributed by atoms with van der Waals surface area (Å²) in [6.07, 6.45) is 3.88. The maximum Gasteiger partial charge on any atom is 0.0995 e. The number of halogens is 1. The fourth-order valence-corrected chi connectivity index (χ4v) is 1.52. The number of hydrogen-bond donors (Lipinski definition) is 0. The zero-order chi connectivity index (χ0) is 10.8. The Morgan fingerprint density at radius 1 is 1.20 bits per heavy atom. The van der Waals surface area contributed by atoms with Crippen LogP contribution in [0.15, 0.2) is 36.8 Å². The first-order valence-electron chi connectivity index (χ1n) is 4.96. The van der Waals surface area contributed by atoms with E-state index in [-0.39, 0.29) is 0 Å². The van der Waals surface area contributed by atoms with Crippen molar-refractivity contribution in [3.8, 4) is 5.69 Å². The summed E-state index contributed by atoms with van der Waals surface area (Å²) in [4.78, 5) is 4.34. The van der Waals surface area contributed by atoms with Gasteiger partial charge in [0.2, 0.25) is 0 Å². The van der Waals surface area contributed by atoms with E-state index in [0.717, 1.165) is 16.4 Å². The van der Waals surface area contributed by atoms with Crippen LogP contribution in [0.1, 0.15) is 25.5 Å². The molecule has 0 aliphatic heterocycles. The quantitative estimate of drug-likeness (QED) is 0.756. The number of imidazole rings is 1.